The monoisotopic (exact) mass is 417 g/mol. The standard InChI is InChI=1S/C21H16F2O5S/c1-11-7-18(24)16(22)9-14(11)21(15-10-17(23)19(25)8-12(15)2)13-5-3-4-6-20(13)29(26,27)28/h3-10,24H,1-2H3,(H,26,27,28)/p-1. The van der Waals surface area contributed by atoms with Crippen molar-refractivity contribution in [3.05, 3.63) is 88.0 Å². The fourth-order valence-corrected chi connectivity index (χ4v) is 3.88. The lowest BCUT2D eigenvalue weighted by molar-refractivity contribution is -0.272. The number of hydrogen-bond donors (Lipinski definition) is 1. The fraction of sp³-hybridized carbons (Fsp3) is 0.0952. The number of hydrogen-bond acceptors (Lipinski definition) is 4. The van der Waals surface area contributed by atoms with Crippen LogP contribution in [0.5, 0.6) is 5.75 Å². The predicted molar refractivity (Wildman–Crippen MR) is 101 cm³/mol. The Hall–Kier alpha value is -3.10. The maximum atomic E-state index is 14.1. The summed E-state index contributed by atoms with van der Waals surface area (Å²) in [6, 6.07) is 7.35. The molecule has 2 aromatic rings. The molecule has 5 nitrogen and oxygen atoms in total. The molecule has 0 aliphatic heterocycles. The van der Waals surface area contributed by atoms with Crippen LogP contribution in [0.25, 0.3) is 5.57 Å². The van der Waals surface area contributed by atoms with E-state index in [-0.39, 0.29) is 22.3 Å². The van der Waals surface area contributed by atoms with Gasteiger partial charge >= 0.3 is 0 Å². The highest BCUT2D eigenvalue weighted by Gasteiger charge is 2.25. The first kappa shape index (κ1) is 20.6. The van der Waals surface area contributed by atoms with Gasteiger partial charge in [-0.3, -0.25) is 9.35 Å². The molecule has 150 valence electrons. The Balaban J connectivity index is 2.51. The molecule has 0 aromatic heterocycles. The minimum atomic E-state index is -4.69. The van der Waals surface area contributed by atoms with Crippen molar-refractivity contribution < 1.29 is 31.7 Å². The quantitative estimate of drug-likeness (QED) is 0.770. The highest BCUT2D eigenvalue weighted by Crippen LogP contribution is 2.39. The first-order chi connectivity index (χ1) is 13.5. The Bertz CT molecular complexity index is 1240. The number of allylic oxidation sites excluding steroid dienone is 5. The van der Waals surface area contributed by atoms with Crippen molar-refractivity contribution in [2.45, 2.75) is 18.7 Å². The van der Waals surface area contributed by atoms with Crippen LogP contribution < -0.4 is 5.11 Å². The van der Waals surface area contributed by atoms with Gasteiger partial charge in [0, 0.05) is 5.56 Å². The van der Waals surface area contributed by atoms with Crippen LogP contribution in [0, 0.1) is 12.7 Å². The summed E-state index contributed by atoms with van der Waals surface area (Å²) >= 11 is 0. The largest absolute Gasteiger partial charge is 0.870 e. The van der Waals surface area contributed by atoms with Crippen LogP contribution in [-0.4, -0.2) is 18.8 Å². The van der Waals surface area contributed by atoms with E-state index in [4.69, 9.17) is 0 Å². The Labute approximate surface area is 166 Å². The molecule has 0 amide bonds. The van der Waals surface area contributed by atoms with Gasteiger partial charge in [0.1, 0.15) is 10.7 Å². The average molecular weight is 417 g/mol. The number of carbonyl (C=O) groups excluding carboxylic acids is 1. The van der Waals surface area contributed by atoms with Crippen molar-refractivity contribution in [1.82, 2.24) is 0 Å². The summed E-state index contributed by atoms with van der Waals surface area (Å²) < 4.78 is 61.7. The van der Waals surface area contributed by atoms with Gasteiger partial charge in [0.05, 0.1) is 0 Å². The molecular formula is C21H15F2O5S-. The van der Waals surface area contributed by atoms with E-state index in [0.29, 0.717) is 11.1 Å². The molecular weight excluding hydrogens is 402 g/mol. The smallest absolute Gasteiger partial charge is 0.295 e. The molecule has 0 bridgehead atoms. The molecule has 0 radical (unpaired) electrons. The van der Waals surface area contributed by atoms with Crippen LogP contribution in [-0.2, 0) is 14.9 Å². The second kappa shape index (κ2) is 7.38. The van der Waals surface area contributed by atoms with E-state index in [1.54, 1.807) is 0 Å². The van der Waals surface area contributed by atoms with Crippen LogP contribution in [0.2, 0.25) is 0 Å². The molecule has 0 saturated heterocycles. The van der Waals surface area contributed by atoms with Gasteiger partial charge in [-0.2, -0.15) is 8.42 Å². The van der Waals surface area contributed by atoms with Gasteiger partial charge in [-0.15, -0.1) is 0 Å². The molecule has 0 spiro atoms. The van der Waals surface area contributed by atoms with Gasteiger partial charge in [0.15, 0.2) is 5.83 Å². The minimum absolute atomic E-state index is 0.0303. The minimum Gasteiger partial charge on any atom is -0.870 e. The first-order valence-corrected chi connectivity index (χ1v) is 9.83. The number of aryl methyl sites for hydroxylation is 1. The van der Waals surface area contributed by atoms with Crippen molar-refractivity contribution >= 4 is 21.5 Å². The van der Waals surface area contributed by atoms with Crippen LogP contribution >= 0.6 is 0 Å². The van der Waals surface area contributed by atoms with Crippen molar-refractivity contribution in [3.8, 4) is 5.75 Å². The second-order valence-electron chi connectivity index (χ2n) is 6.54. The van der Waals surface area contributed by atoms with Crippen LogP contribution in [0.3, 0.4) is 0 Å². The molecule has 0 saturated carbocycles. The third kappa shape index (κ3) is 3.90. The number of halogens is 2. The molecule has 2 aromatic carbocycles. The van der Waals surface area contributed by atoms with Gasteiger partial charge in [0.25, 0.3) is 10.1 Å². The van der Waals surface area contributed by atoms with E-state index in [1.165, 1.54) is 32.0 Å². The lowest BCUT2D eigenvalue weighted by atomic mass is 9.85. The number of ketones is 1. The van der Waals surface area contributed by atoms with Gasteiger partial charge in [-0.1, -0.05) is 30.0 Å². The summed E-state index contributed by atoms with van der Waals surface area (Å²) in [5.41, 5.74) is 0.895. The fourth-order valence-electron chi connectivity index (χ4n) is 3.18. The average Bonchev–Trinajstić information content (AvgIpc) is 2.63. The molecule has 1 aliphatic rings. The molecule has 0 unspecified atom stereocenters. The summed E-state index contributed by atoms with van der Waals surface area (Å²) in [5, 5.41) is 11.7. The zero-order chi connectivity index (χ0) is 21.5. The van der Waals surface area contributed by atoms with E-state index in [2.05, 4.69) is 0 Å². The highest BCUT2D eigenvalue weighted by atomic mass is 32.2. The molecule has 0 fully saturated rings. The second-order valence-corrected chi connectivity index (χ2v) is 7.93. The molecule has 29 heavy (non-hydrogen) atoms. The van der Waals surface area contributed by atoms with Crippen molar-refractivity contribution in [2.24, 2.45) is 0 Å². The van der Waals surface area contributed by atoms with E-state index in [1.807, 2.05) is 0 Å². The van der Waals surface area contributed by atoms with Crippen LogP contribution in [0.15, 0.2) is 70.4 Å². The Morgan fingerprint density at radius 2 is 1.69 bits per heavy atom. The van der Waals surface area contributed by atoms with Gasteiger partial charge in [-0.05, 0) is 66.0 Å². The number of carbonyl (C=O) groups is 1. The Kier molecular flexibility index (Phi) is 5.25. The highest BCUT2D eigenvalue weighted by molar-refractivity contribution is 7.86. The molecule has 0 heterocycles. The lowest BCUT2D eigenvalue weighted by Gasteiger charge is -2.21. The zero-order valence-corrected chi connectivity index (χ0v) is 16.2. The predicted octanol–water partition coefficient (Wildman–Crippen LogP) is 3.64. The summed E-state index contributed by atoms with van der Waals surface area (Å²) in [5.74, 6) is -3.87. The zero-order valence-electron chi connectivity index (χ0n) is 15.4. The van der Waals surface area contributed by atoms with E-state index >= 15 is 0 Å². The third-order valence-electron chi connectivity index (χ3n) is 4.53. The molecule has 8 heteroatoms. The van der Waals surface area contributed by atoms with Crippen LogP contribution in [0.1, 0.15) is 23.6 Å². The van der Waals surface area contributed by atoms with E-state index in [9.17, 15) is 31.7 Å². The maximum absolute atomic E-state index is 14.1. The SMILES string of the molecule is CC1=CC(=O)C(F)=CC1=C(c1cc(F)c([O-])cc1C)c1ccccc1S(=O)(=O)O. The number of benzene rings is 2. The van der Waals surface area contributed by atoms with E-state index in [0.717, 1.165) is 30.4 Å². The van der Waals surface area contributed by atoms with Crippen molar-refractivity contribution in [3.63, 3.8) is 0 Å². The van der Waals surface area contributed by atoms with Gasteiger partial charge in [-0.25, -0.2) is 8.78 Å². The van der Waals surface area contributed by atoms with Crippen molar-refractivity contribution in [1.29, 1.82) is 0 Å². The Morgan fingerprint density at radius 1 is 1.03 bits per heavy atom. The normalized spacial score (nSPS) is 16.4. The third-order valence-corrected chi connectivity index (χ3v) is 5.44. The summed E-state index contributed by atoms with van der Waals surface area (Å²) in [7, 11) is -4.69. The molecule has 1 N–H and O–H groups in total. The number of rotatable bonds is 3. The lowest BCUT2D eigenvalue weighted by Crippen LogP contribution is -2.09. The topological polar surface area (TPSA) is 94.5 Å². The maximum Gasteiger partial charge on any atom is 0.295 e. The summed E-state index contributed by atoms with van der Waals surface area (Å²) in [6.07, 6.45) is 1.96. The first-order valence-electron chi connectivity index (χ1n) is 8.39. The van der Waals surface area contributed by atoms with Crippen LogP contribution in [0.4, 0.5) is 8.78 Å². The van der Waals surface area contributed by atoms with Gasteiger partial charge in [0.2, 0.25) is 5.78 Å². The molecule has 3 rings (SSSR count). The molecule has 1 aliphatic carbocycles. The Morgan fingerprint density at radius 3 is 2.34 bits per heavy atom. The molecule has 0 atom stereocenters. The van der Waals surface area contributed by atoms with Gasteiger partial charge < -0.3 is 5.11 Å². The van der Waals surface area contributed by atoms with E-state index < -0.39 is 38.2 Å². The van der Waals surface area contributed by atoms with Crippen molar-refractivity contribution in [2.75, 3.05) is 0 Å². The summed E-state index contributed by atoms with van der Waals surface area (Å²) in [6.45, 7) is 3.03. The summed E-state index contributed by atoms with van der Waals surface area (Å²) in [4.78, 5) is 11.2.